The van der Waals surface area contributed by atoms with Gasteiger partial charge in [0.25, 0.3) is 5.71 Å². The van der Waals surface area contributed by atoms with Crippen LogP contribution in [0.3, 0.4) is 0 Å². The molecule has 142 valence electrons. The number of nitrogens with one attached hydrogen (secondary N) is 1. The molecule has 4 nitrogen and oxygen atoms in total. The van der Waals surface area contributed by atoms with Gasteiger partial charge in [0.2, 0.25) is 0 Å². The first-order valence-corrected chi connectivity index (χ1v) is 9.83. The summed E-state index contributed by atoms with van der Waals surface area (Å²) in [6.45, 7) is 0. The van der Waals surface area contributed by atoms with Crippen molar-refractivity contribution >= 4 is 33.8 Å². The molecule has 6 heteroatoms. The molecule has 3 aromatic carbocycles. The number of fused-ring (bicyclic) bond motifs is 1. The lowest BCUT2D eigenvalue weighted by Gasteiger charge is -2.03. The number of aromatic nitrogens is 1. The first-order valence-electron chi connectivity index (χ1n) is 8.95. The first kappa shape index (κ1) is 19.2. The van der Waals surface area contributed by atoms with Crippen LogP contribution >= 0.6 is 11.3 Å². The first-order chi connectivity index (χ1) is 13.8. The van der Waals surface area contributed by atoms with Gasteiger partial charge >= 0.3 is 11.0 Å². The summed E-state index contributed by atoms with van der Waals surface area (Å²) in [5.41, 5.74) is 5.24. The van der Waals surface area contributed by atoms with Gasteiger partial charge in [-0.05, 0) is 40.6 Å². The van der Waals surface area contributed by atoms with Crippen LogP contribution in [-0.2, 0) is 4.79 Å². The van der Waals surface area contributed by atoms with Crippen molar-refractivity contribution in [2.24, 2.45) is 4.99 Å². The number of rotatable bonds is 3. The maximum atomic E-state index is 12.5. The van der Waals surface area contributed by atoms with E-state index in [-0.39, 0.29) is 22.9 Å². The molecule has 4 aromatic rings. The predicted molar refractivity (Wildman–Crippen MR) is 113 cm³/mol. The van der Waals surface area contributed by atoms with Crippen LogP contribution in [0.4, 0.5) is 10.8 Å². The van der Waals surface area contributed by atoms with E-state index in [0.717, 1.165) is 33.3 Å². The van der Waals surface area contributed by atoms with Crippen molar-refractivity contribution in [1.29, 1.82) is 0 Å². The van der Waals surface area contributed by atoms with E-state index in [1.54, 1.807) is 0 Å². The quantitative estimate of drug-likeness (QED) is 0.464. The average Bonchev–Trinajstić information content (AvgIpc) is 3.31. The van der Waals surface area contributed by atoms with Gasteiger partial charge in [0.1, 0.15) is 5.69 Å². The van der Waals surface area contributed by atoms with Crippen molar-refractivity contribution in [2.75, 3.05) is 5.32 Å². The van der Waals surface area contributed by atoms with Gasteiger partial charge in [0.05, 0.1) is 11.3 Å². The maximum absolute atomic E-state index is 12.5. The molecule has 0 radical (unpaired) electrons. The van der Waals surface area contributed by atoms with Gasteiger partial charge in [0, 0.05) is 10.9 Å². The fourth-order valence-electron chi connectivity index (χ4n) is 3.34. The number of anilines is 1. The predicted octanol–water partition coefficient (Wildman–Crippen LogP) is 1.77. The Morgan fingerprint density at radius 2 is 1.48 bits per heavy atom. The number of aliphatic imine (C=N–C) groups is 1. The Balaban J connectivity index is 0.00000205. The van der Waals surface area contributed by atoms with Crippen LogP contribution in [0.15, 0.2) is 95.3 Å². The SMILES string of the molecule is O=C1Nc2ccccc2/C1=N/c1scc(-c2ccccc2)[n+]1-c1ccccc1.[Br-]. The molecular formula is C23H16BrN3OS. The fourth-order valence-corrected chi connectivity index (χ4v) is 4.25. The third-order valence-electron chi connectivity index (χ3n) is 4.65. The summed E-state index contributed by atoms with van der Waals surface area (Å²) in [6, 6.07) is 27.9. The number of benzene rings is 3. The molecule has 0 bridgehead atoms. The molecule has 2 heterocycles. The Morgan fingerprint density at radius 3 is 2.24 bits per heavy atom. The van der Waals surface area contributed by atoms with Crippen molar-refractivity contribution in [1.82, 2.24) is 0 Å². The van der Waals surface area contributed by atoms with E-state index in [1.165, 1.54) is 11.3 Å². The Labute approximate surface area is 183 Å². The van der Waals surface area contributed by atoms with Gasteiger partial charge in [0.15, 0.2) is 5.69 Å². The standard InChI is InChI=1S/C23H15N3OS.BrH/c27-22-21(18-13-7-8-14-19(18)24-22)25-23-26(17-11-5-2-6-12-17)20(15-28-23)16-9-3-1-4-10-16;/h1-15H;1H. The highest BCUT2D eigenvalue weighted by Gasteiger charge is 2.32. The van der Waals surface area contributed by atoms with Crippen LogP contribution < -0.4 is 26.9 Å². The normalized spacial score (nSPS) is 13.7. The Morgan fingerprint density at radius 1 is 0.828 bits per heavy atom. The van der Waals surface area contributed by atoms with Crippen molar-refractivity contribution < 1.29 is 26.3 Å². The third-order valence-corrected chi connectivity index (χ3v) is 5.47. The molecule has 1 aromatic heterocycles. The second-order valence-corrected chi connectivity index (χ2v) is 7.24. The van der Waals surface area contributed by atoms with Crippen LogP contribution in [0.2, 0.25) is 0 Å². The molecule has 0 unspecified atom stereocenters. The lowest BCUT2D eigenvalue weighted by molar-refractivity contribution is -0.565. The van der Waals surface area contributed by atoms with E-state index in [9.17, 15) is 4.79 Å². The zero-order valence-electron chi connectivity index (χ0n) is 15.2. The van der Waals surface area contributed by atoms with Crippen LogP contribution in [0, 0.1) is 0 Å². The number of halogens is 1. The fraction of sp³-hybridized carbons (Fsp3) is 0. The molecule has 1 aliphatic rings. The Hall–Kier alpha value is -3.09. The van der Waals surface area contributed by atoms with Gasteiger partial charge in [-0.25, -0.2) is 0 Å². The van der Waals surface area contributed by atoms with Gasteiger partial charge < -0.3 is 22.3 Å². The minimum atomic E-state index is -0.171. The summed E-state index contributed by atoms with van der Waals surface area (Å²) >= 11 is 1.52. The van der Waals surface area contributed by atoms with Crippen LogP contribution in [-0.4, -0.2) is 11.6 Å². The number of nitrogens with zero attached hydrogens (tertiary/aromatic N) is 2. The van der Waals surface area contributed by atoms with E-state index in [1.807, 2.05) is 72.8 Å². The van der Waals surface area contributed by atoms with Gasteiger partial charge in [-0.15, -0.1) is 0 Å². The lowest BCUT2D eigenvalue weighted by atomic mass is 10.1. The van der Waals surface area contributed by atoms with Crippen molar-refractivity contribution in [3.05, 3.63) is 95.9 Å². The van der Waals surface area contributed by atoms with E-state index in [4.69, 9.17) is 4.99 Å². The Bertz CT molecular complexity index is 1200. The zero-order valence-corrected chi connectivity index (χ0v) is 17.7. The van der Waals surface area contributed by atoms with E-state index in [0.29, 0.717) is 5.71 Å². The number of para-hydroxylation sites is 2. The highest BCUT2D eigenvalue weighted by atomic mass is 79.9. The van der Waals surface area contributed by atoms with Gasteiger partial charge in [-0.3, -0.25) is 4.79 Å². The topological polar surface area (TPSA) is 45.3 Å². The summed E-state index contributed by atoms with van der Waals surface area (Å²) in [4.78, 5) is 17.3. The van der Waals surface area contributed by atoms with Crippen molar-refractivity contribution in [3.8, 4) is 16.9 Å². The monoisotopic (exact) mass is 461 g/mol. The van der Waals surface area contributed by atoms with Gasteiger partial charge in [-0.1, -0.05) is 60.7 Å². The van der Waals surface area contributed by atoms with Crippen LogP contribution in [0.25, 0.3) is 16.9 Å². The number of hydrogen-bond donors (Lipinski definition) is 1. The largest absolute Gasteiger partial charge is 1.00 e. The van der Waals surface area contributed by atoms with Crippen molar-refractivity contribution in [3.63, 3.8) is 0 Å². The zero-order chi connectivity index (χ0) is 18.9. The van der Waals surface area contributed by atoms with E-state index in [2.05, 4.69) is 27.4 Å². The molecule has 0 fully saturated rings. The van der Waals surface area contributed by atoms with Crippen LogP contribution in [0.1, 0.15) is 5.56 Å². The number of amides is 1. The lowest BCUT2D eigenvalue weighted by Crippen LogP contribution is -3.00. The molecule has 0 saturated carbocycles. The molecule has 29 heavy (non-hydrogen) atoms. The molecule has 0 saturated heterocycles. The van der Waals surface area contributed by atoms with Crippen molar-refractivity contribution in [2.45, 2.75) is 0 Å². The smallest absolute Gasteiger partial charge is 0.388 e. The highest BCUT2D eigenvalue weighted by molar-refractivity contribution is 7.13. The molecule has 0 spiro atoms. The summed E-state index contributed by atoms with van der Waals surface area (Å²) in [5.74, 6) is -0.171. The van der Waals surface area contributed by atoms with Gasteiger partial charge in [-0.2, -0.15) is 4.57 Å². The highest BCUT2D eigenvalue weighted by Crippen LogP contribution is 2.30. The summed E-state index contributed by atoms with van der Waals surface area (Å²) in [5, 5.41) is 5.73. The van der Waals surface area contributed by atoms with E-state index >= 15 is 0 Å². The molecule has 0 aliphatic carbocycles. The maximum Gasteiger partial charge on any atom is 0.388 e. The minimum absolute atomic E-state index is 0. The summed E-state index contributed by atoms with van der Waals surface area (Å²) in [7, 11) is 0. The number of thiazole rings is 1. The molecule has 5 rings (SSSR count). The van der Waals surface area contributed by atoms with E-state index < -0.39 is 0 Å². The third kappa shape index (κ3) is 3.52. The summed E-state index contributed by atoms with van der Waals surface area (Å²) < 4.78 is 2.10. The molecule has 0 atom stereocenters. The summed E-state index contributed by atoms with van der Waals surface area (Å²) in [6.07, 6.45) is 0. The number of carbonyl (C=O) groups is 1. The number of hydrogen-bond acceptors (Lipinski definition) is 3. The second-order valence-electron chi connectivity index (χ2n) is 6.40. The average molecular weight is 462 g/mol. The number of carbonyl (C=O) groups excluding carboxylic acids is 1. The van der Waals surface area contributed by atoms with Crippen LogP contribution in [0.5, 0.6) is 0 Å². The minimum Gasteiger partial charge on any atom is -1.00 e. The Kier molecular flexibility index (Phi) is 5.38. The molecule has 1 aliphatic heterocycles. The molecule has 1 amide bonds. The molecular weight excluding hydrogens is 446 g/mol. The second kappa shape index (κ2) is 8.11. The molecule has 1 N–H and O–H groups in total.